The highest BCUT2D eigenvalue weighted by atomic mass is 16.6. The second kappa shape index (κ2) is 8.72. The van der Waals surface area contributed by atoms with E-state index < -0.39 is 23.4 Å². The molecule has 1 N–H and O–H groups in total. The number of nitrogens with zero attached hydrogens (tertiary/aromatic N) is 3. The number of nitrogens with one attached hydrogen (secondary N) is 1. The highest BCUT2D eigenvalue weighted by Gasteiger charge is 2.25. The number of nitro benzene ring substituents is 1. The number of nitro groups is 1. The highest BCUT2D eigenvalue weighted by Crippen LogP contribution is 2.32. The van der Waals surface area contributed by atoms with Crippen LogP contribution in [0.25, 0.3) is 0 Å². The molecular formula is C19H22N4O6. The summed E-state index contributed by atoms with van der Waals surface area (Å²) in [5.74, 6) is -0.245. The fourth-order valence-electron chi connectivity index (χ4n) is 3.29. The first kappa shape index (κ1) is 20.3. The van der Waals surface area contributed by atoms with Crippen LogP contribution in [-0.4, -0.2) is 41.7 Å². The molecule has 1 aliphatic heterocycles. The lowest BCUT2D eigenvalue weighted by molar-refractivity contribution is -0.384. The van der Waals surface area contributed by atoms with Crippen molar-refractivity contribution in [1.29, 1.82) is 0 Å². The van der Waals surface area contributed by atoms with Gasteiger partial charge in [0.15, 0.2) is 12.4 Å². The van der Waals surface area contributed by atoms with Crippen LogP contribution in [0.15, 0.2) is 28.8 Å². The first-order valence-electron chi connectivity index (χ1n) is 9.27. The molecule has 0 radical (unpaired) electrons. The number of piperidine rings is 1. The van der Waals surface area contributed by atoms with Crippen LogP contribution in [-0.2, 0) is 9.53 Å². The Kier molecular flexibility index (Phi) is 6.10. The van der Waals surface area contributed by atoms with Gasteiger partial charge < -0.3 is 19.5 Å². The van der Waals surface area contributed by atoms with Crippen molar-refractivity contribution in [2.75, 3.05) is 29.9 Å². The van der Waals surface area contributed by atoms with Crippen LogP contribution in [0.5, 0.6) is 0 Å². The smallest absolute Gasteiger partial charge is 0.338 e. The SMILES string of the molecule is Cc1cc(NC(=O)COC(=O)c2ccc(N3CCC[C@H](C)C3)c([N+](=O)[O-])c2)no1. The van der Waals surface area contributed by atoms with Crippen LogP contribution in [0.3, 0.4) is 0 Å². The molecule has 2 heterocycles. The van der Waals surface area contributed by atoms with Gasteiger partial charge in [-0.25, -0.2) is 4.79 Å². The van der Waals surface area contributed by atoms with Crippen LogP contribution in [0.4, 0.5) is 17.2 Å². The number of aryl methyl sites for hydroxylation is 1. The minimum absolute atomic E-state index is 0.00980. The van der Waals surface area contributed by atoms with Gasteiger partial charge in [0.05, 0.1) is 10.5 Å². The van der Waals surface area contributed by atoms with Crippen molar-refractivity contribution in [3.63, 3.8) is 0 Å². The molecule has 29 heavy (non-hydrogen) atoms. The summed E-state index contributed by atoms with van der Waals surface area (Å²) in [6, 6.07) is 5.74. The minimum Gasteiger partial charge on any atom is -0.452 e. The lowest BCUT2D eigenvalue weighted by atomic mass is 9.99. The summed E-state index contributed by atoms with van der Waals surface area (Å²) in [4.78, 5) is 37.1. The van der Waals surface area contributed by atoms with E-state index in [0.717, 1.165) is 25.9 Å². The molecular weight excluding hydrogens is 380 g/mol. The molecule has 2 aromatic rings. The largest absolute Gasteiger partial charge is 0.452 e. The second-order valence-electron chi connectivity index (χ2n) is 7.10. The lowest BCUT2D eigenvalue weighted by Gasteiger charge is -2.32. The van der Waals surface area contributed by atoms with Crippen LogP contribution < -0.4 is 10.2 Å². The van der Waals surface area contributed by atoms with Crippen LogP contribution in [0.2, 0.25) is 0 Å². The Balaban J connectivity index is 1.66. The monoisotopic (exact) mass is 402 g/mol. The summed E-state index contributed by atoms with van der Waals surface area (Å²) >= 11 is 0. The van der Waals surface area contributed by atoms with Crippen molar-refractivity contribution in [3.05, 3.63) is 45.7 Å². The molecule has 0 spiro atoms. The molecule has 1 aromatic heterocycles. The van der Waals surface area contributed by atoms with E-state index in [-0.39, 0.29) is 17.1 Å². The first-order valence-corrected chi connectivity index (χ1v) is 9.27. The van der Waals surface area contributed by atoms with Crippen molar-refractivity contribution in [1.82, 2.24) is 5.16 Å². The van der Waals surface area contributed by atoms with Gasteiger partial charge in [-0.15, -0.1) is 0 Å². The topological polar surface area (TPSA) is 128 Å². The summed E-state index contributed by atoms with van der Waals surface area (Å²) in [7, 11) is 0. The molecule has 1 fully saturated rings. The van der Waals surface area contributed by atoms with Crippen LogP contribution in [0, 0.1) is 23.0 Å². The number of amides is 1. The minimum atomic E-state index is -0.821. The van der Waals surface area contributed by atoms with E-state index in [1.165, 1.54) is 18.2 Å². The maximum absolute atomic E-state index is 12.2. The Labute approximate surface area is 166 Å². The van der Waals surface area contributed by atoms with Crippen LogP contribution >= 0.6 is 0 Å². The van der Waals surface area contributed by atoms with Crippen molar-refractivity contribution in [2.45, 2.75) is 26.7 Å². The standard InChI is InChI=1S/C19H22N4O6/c1-12-4-3-7-22(10-12)15-6-5-14(9-16(15)23(26)27)19(25)28-11-18(24)20-17-8-13(2)29-21-17/h5-6,8-9,12H,3-4,7,10-11H2,1-2H3,(H,20,21,24)/t12-/m0/s1. The van der Waals surface area contributed by atoms with Crippen molar-refractivity contribution >= 4 is 29.1 Å². The van der Waals surface area contributed by atoms with E-state index in [1.54, 1.807) is 13.0 Å². The molecule has 154 valence electrons. The fourth-order valence-corrected chi connectivity index (χ4v) is 3.29. The zero-order valence-electron chi connectivity index (χ0n) is 16.2. The van der Waals surface area contributed by atoms with Crippen molar-refractivity contribution in [2.24, 2.45) is 5.92 Å². The molecule has 1 amide bonds. The third-order valence-electron chi connectivity index (χ3n) is 4.64. The molecule has 0 unspecified atom stereocenters. The first-order chi connectivity index (χ1) is 13.8. The van der Waals surface area contributed by atoms with Gasteiger partial charge in [0.1, 0.15) is 11.4 Å². The quantitative estimate of drug-likeness (QED) is 0.444. The number of hydrogen-bond donors (Lipinski definition) is 1. The van der Waals surface area contributed by atoms with Gasteiger partial charge in [0, 0.05) is 25.2 Å². The van der Waals surface area contributed by atoms with E-state index in [1.807, 2.05) is 4.90 Å². The van der Waals surface area contributed by atoms with E-state index in [0.29, 0.717) is 17.4 Å². The summed E-state index contributed by atoms with van der Waals surface area (Å²) in [6.07, 6.45) is 2.05. The Hall–Kier alpha value is -3.43. The molecule has 1 atom stereocenters. The van der Waals surface area contributed by atoms with Gasteiger partial charge in [0.25, 0.3) is 11.6 Å². The maximum Gasteiger partial charge on any atom is 0.338 e. The molecule has 1 aromatic carbocycles. The zero-order chi connectivity index (χ0) is 21.0. The number of esters is 1. The Morgan fingerprint density at radius 3 is 2.86 bits per heavy atom. The molecule has 0 aliphatic carbocycles. The Morgan fingerprint density at radius 1 is 1.41 bits per heavy atom. The van der Waals surface area contributed by atoms with Gasteiger partial charge in [-0.3, -0.25) is 14.9 Å². The number of carbonyl (C=O) groups is 2. The molecule has 1 saturated heterocycles. The number of rotatable bonds is 6. The molecule has 3 rings (SSSR count). The van der Waals surface area contributed by atoms with Gasteiger partial charge in [-0.1, -0.05) is 12.1 Å². The van der Waals surface area contributed by atoms with E-state index >= 15 is 0 Å². The number of benzene rings is 1. The summed E-state index contributed by atoms with van der Waals surface area (Å²) in [6.45, 7) is 4.69. The fraction of sp³-hybridized carbons (Fsp3) is 0.421. The van der Waals surface area contributed by atoms with E-state index in [4.69, 9.17) is 9.26 Å². The molecule has 1 aliphatic rings. The highest BCUT2D eigenvalue weighted by molar-refractivity contribution is 5.95. The average molecular weight is 402 g/mol. The average Bonchev–Trinajstić information content (AvgIpc) is 3.10. The van der Waals surface area contributed by atoms with E-state index in [9.17, 15) is 19.7 Å². The van der Waals surface area contributed by atoms with Gasteiger partial charge in [-0.2, -0.15) is 0 Å². The van der Waals surface area contributed by atoms with Crippen molar-refractivity contribution < 1.29 is 23.8 Å². The number of anilines is 2. The number of hydrogen-bond acceptors (Lipinski definition) is 8. The lowest BCUT2D eigenvalue weighted by Crippen LogP contribution is -2.34. The molecule has 0 bridgehead atoms. The Morgan fingerprint density at radius 2 is 2.21 bits per heavy atom. The third kappa shape index (κ3) is 5.09. The molecule has 10 heteroatoms. The zero-order valence-corrected chi connectivity index (χ0v) is 16.2. The summed E-state index contributed by atoms with van der Waals surface area (Å²) in [5.41, 5.74) is 0.337. The Bertz CT molecular complexity index is 925. The predicted molar refractivity (Wildman–Crippen MR) is 104 cm³/mol. The summed E-state index contributed by atoms with van der Waals surface area (Å²) < 4.78 is 9.78. The van der Waals surface area contributed by atoms with Gasteiger partial charge in [-0.05, 0) is 37.8 Å². The normalized spacial score (nSPS) is 16.3. The second-order valence-corrected chi connectivity index (χ2v) is 7.10. The van der Waals surface area contributed by atoms with Crippen LogP contribution in [0.1, 0.15) is 35.9 Å². The maximum atomic E-state index is 12.2. The van der Waals surface area contributed by atoms with Crippen molar-refractivity contribution in [3.8, 4) is 0 Å². The van der Waals surface area contributed by atoms with Gasteiger partial charge in [0.2, 0.25) is 0 Å². The predicted octanol–water partition coefficient (Wildman–Crippen LogP) is 2.92. The molecule has 10 nitrogen and oxygen atoms in total. The van der Waals surface area contributed by atoms with E-state index in [2.05, 4.69) is 17.4 Å². The number of ether oxygens (including phenoxy) is 1. The summed E-state index contributed by atoms with van der Waals surface area (Å²) in [5, 5.41) is 17.6. The molecule has 0 saturated carbocycles. The number of aromatic nitrogens is 1. The third-order valence-corrected chi connectivity index (χ3v) is 4.64. The van der Waals surface area contributed by atoms with Gasteiger partial charge >= 0.3 is 5.97 Å². The number of carbonyl (C=O) groups excluding carboxylic acids is 2.